The van der Waals surface area contributed by atoms with E-state index < -0.39 is 5.37 Å². The van der Waals surface area contributed by atoms with Crippen LogP contribution in [0.25, 0.3) is 0 Å². The van der Waals surface area contributed by atoms with Crippen molar-refractivity contribution in [3.8, 4) is 0 Å². The van der Waals surface area contributed by atoms with Crippen LogP contribution in [0, 0.1) is 0 Å². The van der Waals surface area contributed by atoms with Gasteiger partial charge in [0.2, 0.25) is 0 Å². The first-order valence-corrected chi connectivity index (χ1v) is 8.45. The van der Waals surface area contributed by atoms with E-state index in [4.69, 9.17) is 23.2 Å². The third kappa shape index (κ3) is 3.63. The van der Waals surface area contributed by atoms with Crippen molar-refractivity contribution in [2.75, 3.05) is 5.32 Å². The molecule has 3 rings (SSSR count). The highest BCUT2D eigenvalue weighted by Gasteiger charge is 2.39. The number of hydrogen-bond acceptors (Lipinski definition) is 4. The van der Waals surface area contributed by atoms with Crippen LogP contribution in [0.1, 0.15) is 5.56 Å². The summed E-state index contributed by atoms with van der Waals surface area (Å²) in [5.74, 6) is -0.292. The first-order valence-electron chi connectivity index (χ1n) is 6.82. The number of nitrogens with one attached hydrogen (secondary N) is 1. The van der Waals surface area contributed by atoms with Gasteiger partial charge in [0.1, 0.15) is 0 Å². The van der Waals surface area contributed by atoms with Crippen LogP contribution in [0.15, 0.2) is 48.5 Å². The molecule has 1 fully saturated rings. The minimum absolute atomic E-state index is 0.257. The number of anilines is 1. The Morgan fingerprint density at radius 2 is 1.83 bits per heavy atom. The molecular formula is C16H12Cl2N2O2S. The van der Waals surface area contributed by atoms with Crippen LogP contribution in [0.4, 0.5) is 10.5 Å². The molecule has 0 bridgehead atoms. The summed E-state index contributed by atoms with van der Waals surface area (Å²) in [5.41, 5.74) is 1.43. The van der Waals surface area contributed by atoms with Crippen LogP contribution in [-0.2, 0) is 11.3 Å². The summed E-state index contributed by atoms with van der Waals surface area (Å²) in [5, 5.41) is 2.93. The zero-order chi connectivity index (χ0) is 16.4. The van der Waals surface area contributed by atoms with Gasteiger partial charge in [-0.25, -0.2) is 0 Å². The van der Waals surface area contributed by atoms with Gasteiger partial charge >= 0.3 is 0 Å². The Balaban J connectivity index is 1.74. The largest absolute Gasteiger partial charge is 0.364 e. The van der Waals surface area contributed by atoms with Crippen LogP contribution in [0.3, 0.4) is 0 Å². The van der Waals surface area contributed by atoms with Gasteiger partial charge in [0.15, 0.2) is 5.37 Å². The molecule has 1 aliphatic rings. The number of hydrogen-bond donors (Lipinski definition) is 1. The molecule has 1 unspecified atom stereocenters. The predicted octanol–water partition coefficient (Wildman–Crippen LogP) is 4.63. The highest BCUT2D eigenvalue weighted by molar-refractivity contribution is 8.15. The Hall–Kier alpha value is -1.69. The summed E-state index contributed by atoms with van der Waals surface area (Å²) in [6, 6.07) is 14.3. The van der Waals surface area contributed by atoms with E-state index in [0.717, 1.165) is 17.3 Å². The molecule has 118 valence electrons. The number of thioether (sulfide) groups is 1. The van der Waals surface area contributed by atoms with E-state index in [1.165, 1.54) is 4.90 Å². The van der Waals surface area contributed by atoms with E-state index in [1.54, 1.807) is 18.2 Å². The number of nitrogens with zero attached hydrogens (tertiary/aromatic N) is 1. The molecular weight excluding hydrogens is 355 g/mol. The minimum atomic E-state index is -0.706. The summed E-state index contributed by atoms with van der Waals surface area (Å²) >= 11 is 13.0. The fraction of sp³-hybridized carbons (Fsp3) is 0.125. The van der Waals surface area contributed by atoms with Crippen LogP contribution < -0.4 is 5.32 Å². The van der Waals surface area contributed by atoms with Crippen LogP contribution >= 0.6 is 35.0 Å². The molecule has 7 heteroatoms. The standard InChI is InChI=1S/C16H12Cl2N2O2S/c17-11-6-7-12(18)13(8-11)19-14-15(21)20(16(22)23-14)9-10-4-2-1-3-5-10/h1-8,14,19H,9H2. The second-order valence-corrected chi connectivity index (χ2v) is 6.84. The van der Waals surface area contributed by atoms with Gasteiger partial charge < -0.3 is 5.32 Å². The Labute approximate surface area is 147 Å². The Kier molecular flexibility index (Phi) is 4.80. The monoisotopic (exact) mass is 366 g/mol. The average Bonchev–Trinajstić information content (AvgIpc) is 2.80. The minimum Gasteiger partial charge on any atom is -0.364 e. The SMILES string of the molecule is O=C1SC(Nc2cc(Cl)ccc2Cl)C(=O)N1Cc1ccccc1. The molecule has 4 nitrogen and oxygen atoms in total. The fourth-order valence-electron chi connectivity index (χ4n) is 2.20. The maximum atomic E-state index is 12.5. The Bertz CT molecular complexity index is 755. The van der Waals surface area contributed by atoms with Gasteiger partial charge in [0.05, 0.1) is 17.3 Å². The molecule has 1 aliphatic heterocycles. The quantitative estimate of drug-likeness (QED) is 0.856. The highest BCUT2D eigenvalue weighted by Crippen LogP contribution is 2.33. The van der Waals surface area contributed by atoms with Crippen LogP contribution in [0.2, 0.25) is 10.0 Å². The van der Waals surface area contributed by atoms with E-state index in [9.17, 15) is 9.59 Å². The van der Waals surface area contributed by atoms with Gasteiger partial charge in [0.25, 0.3) is 11.1 Å². The Morgan fingerprint density at radius 3 is 2.57 bits per heavy atom. The first kappa shape index (κ1) is 16.2. The lowest BCUT2D eigenvalue weighted by Gasteiger charge is -2.15. The summed E-state index contributed by atoms with van der Waals surface area (Å²) in [4.78, 5) is 25.8. The third-order valence-corrected chi connectivity index (χ3v) is 4.87. The highest BCUT2D eigenvalue weighted by atomic mass is 35.5. The molecule has 0 radical (unpaired) electrons. The molecule has 1 saturated heterocycles. The number of imide groups is 1. The van der Waals surface area contributed by atoms with Crippen molar-refractivity contribution in [3.63, 3.8) is 0 Å². The zero-order valence-electron chi connectivity index (χ0n) is 11.8. The number of amides is 2. The molecule has 0 saturated carbocycles. The summed E-state index contributed by atoms with van der Waals surface area (Å²) in [6.07, 6.45) is 0. The van der Waals surface area contributed by atoms with Gasteiger partial charge in [-0.2, -0.15) is 0 Å². The number of halogens is 2. The lowest BCUT2D eigenvalue weighted by molar-refractivity contribution is -0.126. The normalized spacial score (nSPS) is 17.7. The molecule has 2 aromatic rings. The van der Waals surface area contributed by atoms with E-state index in [0.29, 0.717) is 15.7 Å². The first-order chi connectivity index (χ1) is 11.0. The molecule has 23 heavy (non-hydrogen) atoms. The second-order valence-electron chi connectivity index (χ2n) is 4.94. The van der Waals surface area contributed by atoms with Crippen molar-refractivity contribution in [1.29, 1.82) is 0 Å². The second kappa shape index (κ2) is 6.83. The Morgan fingerprint density at radius 1 is 1.09 bits per heavy atom. The molecule has 1 atom stereocenters. The summed E-state index contributed by atoms with van der Waals surface area (Å²) < 4.78 is 0. The van der Waals surface area contributed by atoms with Gasteiger partial charge in [-0.3, -0.25) is 14.5 Å². The number of carbonyl (C=O) groups is 2. The number of carbonyl (C=O) groups excluding carboxylic acids is 2. The zero-order valence-corrected chi connectivity index (χ0v) is 14.2. The lowest BCUT2D eigenvalue weighted by Crippen LogP contribution is -2.33. The summed E-state index contributed by atoms with van der Waals surface area (Å²) in [7, 11) is 0. The van der Waals surface area contributed by atoms with Gasteiger partial charge in [-0.1, -0.05) is 53.5 Å². The topological polar surface area (TPSA) is 49.4 Å². The van der Waals surface area contributed by atoms with Crippen molar-refractivity contribution in [3.05, 3.63) is 64.1 Å². The van der Waals surface area contributed by atoms with Crippen molar-refractivity contribution in [2.24, 2.45) is 0 Å². The fourth-order valence-corrected chi connectivity index (χ4v) is 3.44. The molecule has 0 spiro atoms. The van der Waals surface area contributed by atoms with E-state index in [-0.39, 0.29) is 17.7 Å². The molecule has 2 amide bonds. The smallest absolute Gasteiger partial charge is 0.291 e. The maximum absolute atomic E-state index is 12.5. The van der Waals surface area contributed by atoms with E-state index >= 15 is 0 Å². The van der Waals surface area contributed by atoms with E-state index in [2.05, 4.69) is 5.32 Å². The van der Waals surface area contributed by atoms with Crippen molar-refractivity contribution < 1.29 is 9.59 Å². The van der Waals surface area contributed by atoms with Crippen molar-refractivity contribution in [2.45, 2.75) is 11.9 Å². The van der Waals surface area contributed by atoms with Gasteiger partial charge in [0, 0.05) is 5.02 Å². The van der Waals surface area contributed by atoms with E-state index in [1.807, 2.05) is 30.3 Å². The van der Waals surface area contributed by atoms with Gasteiger partial charge in [-0.15, -0.1) is 0 Å². The number of rotatable bonds is 4. The number of benzene rings is 2. The summed E-state index contributed by atoms with van der Waals surface area (Å²) in [6.45, 7) is 0.257. The average molecular weight is 367 g/mol. The van der Waals surface area contributed by atoms with Crippen LogP contribution in [-0.4, -0.2) is 21.4 Å². The molecule has 2 aromatic carbocycles. The lowest BCUT2D eigenvalue weighted by atomic mass is 10.2. The molecule has 0 aromatic heterocycles. The third-order valence-electron chi connectivity index (χ3n) is 3.33. The van der Waals surface area contributed by atoms with Crippen molar-refractivity contribution in [1.82, 2.24) is 4.90 Å². The molecule has 0 aliphatic carbocycles. The predicted molar refractivity (Wildman–Crippen MR) is 93.9 cm³/mol. The van der Waals surface area contributed by atoms with Gasteiger partial charge in [-0.05, 0) is 35.5 Å². The maximum Gasteiger partial charge on any atom is 0.291 e. The van der Waals surface area contributed by atoms with Crippen molar-refractivity contribution >= 4 is 51.8 Å². The molecule has 1 heterocycles. The van der Waals surface area contributed by atoms with Crippen LogP contribution in [0.5, 0.6) is 0 Å². The molecule has 1 N–H and O–H groups in total.